The largest absolute Gasteiger partial charge is 0.468 e. The average molecular weight is 447 g/mol. The van der Waals surface area contributed by atoms with E-state index in [9.17, 15) is 14.4 Å². The second-order valence-corrected chi connectivity index (χ2v) is 8.88. The van der Waals surface area contributed by atoms with Gasteiger partial charge in [-0.2, -0.15) is 0 Å². The van der Waals surface area contributed by atoms with E-state index in [-0.39, 0.29) is 23.9 Å². The molecule has 9 heteroatoms. The SMILES string of the molecule is CCOC(=O)N1CCC(N2C(=O)C(SCc3ccco3)=C(c3cccs3)C2=O)CC1. The molecular formula is C21H22N2O5S2. The molecule has 1 fully saturated rings. The van der Waals surface area contributed by atoms with E-state index in [0.717, 1.165) is 10.6 Å². The number of thiophene rings is 1. The number of imide groups is 1. The van der Waals surface area contributed by atoms with Crippen LogP contribution in [0, 0.1) is 0 Å². The standard InChI is InChI=1S/C21H22N2O5S2/c1-2-27-21(26)22-9-7-14(8-10-22)23-19(24)17(16-6-4-12-29-16)18(20(23)25)30-13-15-5-3-11-28-15/h3-6,11-12,14H,2,7-10,13H2,1H3. The molecule has 0 saturated carbocycles. The van der Waals surface area contributed by atoms with Gasteiger partial charge >= 0.3 is 6.09 Å². The van der Waals surface area contributed by atoms with Gasteiger partial charge in [0.25, 0.3) is 11.8 Å². The maximum Gasteiger partial charge on any atom is 0.409 e. The molecule has 2 aromatic heterocycles. The lowest BCUT2D eigenvalue weighted by molar-refractivity contribution is -0.140. The third kappa shape index (κ3) is 4.04. The molecule has 0 aromatic carbocycles. The Hall–Kier alpha value is -2.52. The number of amides is 3. The lowest BCUT2D eigenvalue weighted by Crippen LogP contribution is -2.49. The van der Waals surface area contributed by atoms with Gasteiger partial charge in [0, 0.05) is 24.0 Å². The molecule has 0 N–H and O–H groups in total. The van der Waals surface area contributed by atoms with Crippen molar-refractivity contribution in [2.45, 2.75) is 31.6 Å². The van der Waals surface area contributed by atoms with E-state index in [1.165, 1.54) is 28.0 Å². The molecule has 0 unspecified atom stereocenters. The molecule has 0 atom stereocenters. The molecule has 2 aromatic rings. The summed E-state index contributed by atoms with van der Waals surface area (Å²) in [5.41, 5.74) is 0.472. The average Bonchev–Trinajstić information content (AvgIpc) is 3.49. The Morgan fingerprint density at radius 1 is 1.23 bits per heavy atom. The van der Waals surface area contributed by atoms with Crippen LogP contribution in [0.25, 0.3) is 5.57 Å². The van der Waals surface area contributed by atoms with Crippen molar-refractivity contribution in [1.29, 1.82) is 0 Å². The summed E-state index contributed by atoms with van der Waals surface area (Å²) in [6.45, 7) is 3.02. The molecule has 1 saturated heterocycles. The summed E-state index contributed by atoms with van der Waals surface area (Å²) in [7, 11) is 0. The predicted octanol–water partition coefficient (Wildman–Crippen LogP) is 3.98. The normalized spacial score (nSPS) is 17.9. The van der Waals surface area contributed by atoms with Crippen molar-refractivity contribution in [2.75, 3.05) is 19.7 Å². The van der Waals surface area contributed by atoms with E-state index in [2.05, 4.69) is 0 Å². The monoisotopic (exact) mass is 446 g/mol. The quantitative estimate of drug-likeness (QED) is 0.625. The number of nitrogens with zero attached hydrogens (tertiary/aromatic N) is 2. The molecule has 30 heavy (non-hydrogen) atoms. The number of hydrogen-bond donors (Lipinski definition) is 0. The summed E-state index contributed by atoms with van der Waals surface area (Å²) in [6, 6.07) is 7.16. The highest BCUT2D eigenvalue weighted by Crippen LogP contribution is 2.40. The fourth-order valence-corrected chi connectivity index (χ4v) is 5.54. The van der Waals surface area contributed by atoms with Gasteiger partial charge in [0.15, 0.2) is 0 Å². The first-order valence-electron chi connectivity index (χ1n) is 9.83. The topological polar surface area (TPSA) is 80.1 Å². The fourth-order valence-electron chi connectivity index (χ4n) is 3.69. The van der Waals surface area contributed by atoms with Crippen molar-refractivity contribution in [3.05, 3.63) is 51.5 Å². The van der Waals surface area contributed by atoms with E-state index in [0.29, 0.717) is 48.8 Å². The second-order valence-electron chi connectivity index (χ2n) is 6.95. The van der Waals surface area contributed by atoms with Gasteiger partial charge in [-0.25, -0.2) is 4.79 Å². The van der Waals surface area contributed by atoms with Crippen LogP contribution in [0.5, 0.6) is 0 Å². The Kier molecular flexibility index (Phi) is 6.29. The number of furan rings is 1. The van der Waals surface area contributed by atoms with Crippen LogP contribution in [-0.2, 0) is 20.1 Å². The van der Waals surface area contributed by atoms with Gasteiger partial charge in [0.1, 0.15) is 5.76 Å². The van der Waals surface area contributed by atoms with Gasteiger partial charge in [0.2, 0.25) is 0 Å². The van der Waals surface area contributed by atoms with Crippen molar-refractivity contribution in [3.63, 3.8) is 0 Å². The Balaban J connectivity index is 1.52. The predicted molar refractivity (Wildman–Crippen MR) is 115 cm³/mol. The number of ether oxygens (including phenoxy) is 1. The van der Waals surface area contributed by atoms with Crippen LogP contribution in [0.15, 0.2) is 45.2 Å². The Labute approximate surface area is 182 Å². The summed E-state index contributed by atoms with van der Waals surface area (Å²) < 4.78 is 10.4. The molecule has 2 aliphatic heterocycles. The Morgan fingerprint density at radius 2 is 2.03 bits per heavy atom. The molecule has 4 rings (SSSR count). The highest BCUT2D eigenvalue weighted by Gasteiger charge is 2.44. The summed E-state index contributed by atoms with van der Waals surface area (Å²) in [5.74, 6) is 0.721. The highest BCUT2D eigenvalue weighted by molar-refractivity contribution is 8.03. The van der Waals surface area contributed by atoms with Gasteiger partial charge in [-0.3, -0.25) is 14.5 Å². The van der Waals surface area contributed by atoms with Crippen LogP contribution in [0.2, 0.25) is 0 Å². The van der Waals surface area contributed by atoms with Crippen LogP contribution >= 0.6 is 23.1 Å². The van der Waals surface area contributed by atoms with E-state index >= 15 is 0 Å². The zero-order valence-electron chi connectivity index (χ0n) is 16.5. The second kappa shape index (κ2) is 9.09. The zero-order valence-corrected chi connectivity index (χ0v) is 18.2. The minimum Gasteiger partial charge on any atom is -0.468 e. The minimum atomic E-state index is -0.345. The van der Waals surface area contributed by atoms with Crippen molar-refractivity contribution in [1.82, 2.24) is 9.80 Å². The molecule has 158 valence electrons. The van der Waals surface area contributed by atoms with Crippen molar-refractivity contribution < 1.29 is 23.5 Å². The number of likely N-dealkylation sites (tertiary alicyclic amines) is 1. The third-order valence-electron chi connectivity index (χ3n) is 5.13. The molecule has 0 radical (unpaired) electrons. The Bertz CT molecular complexity index is 944. The van der Waals surface area contributed by atoms with E-state index in [1.807, 2.05) is 23.6 Å². The highest BCUT2D eigenvalue weighted by atomic mass is 32.2. The van der Waals surface area contributed by atoms with E-state index in [4.69, 9.17) is 9.15 Å². The molecular weight excluding hydrogens is 424 g/mol. The van der Waals surface area contributed by atoms with E-state index in [1.54, 1.807) is 24.2 Å². The van der Waals surface area contributed by atoms with Gasteiger partial charge in [-0.15, -0.1) is 23.1 Å². The molecule has 3 amide bonds. The van der Waals surface area contributed by atoms with Crippen LogP contribution in [0.4, 0.5) is 4.79 Å². The fraction of sp³-hybridized carbons (Fsp3) is 0.381. The van der Waals surface area contributed by atoms with Gasteiger partial charge in [-0.05, 0) is 43.3 Å². The molecule has 0 spiro atoms. The van der Waals surface area contributed by atoms with Gasteiger partial charge in [0.05, 0.1) is 29.1 Å². The maximum absolute atomic E-state index is 13.3. The van der Waals surface area contributed by atoms with Crippen molar-refractivity contribution >= 4 is 46.6 Å². The first kappa shape index (κ1) is 20.7. The first-order chi connectivity index (χ1) is 14.6. The van der Waals surface area contributed by atoms with Crippen LogP contribution in [0.3, 0.4) is 0 Å². The molecule has 0 bridgehead atoms. The molecule has 4 heterocycles. The summed E-state index contributed by atoms with van der Waals surface area (Å²) in [4.78, 5) is 42.8. The number of rotatable bonds is 6. The van der Waals surface area contributed by atoms with Crippen LogP contribution in [-0.4, -0.2) is 53.4 Å². The minimum absolute atomic E-state index is 0.229. The molecule has 2 aliphatic rings. The number of carbonyl (C=O) groups is 3. The number of piperidine rings is 1. The molecule has 7 nitrogen and oxygen atoms in total. The first-order valence-corrected chi connectivity index (χ1v) is 11.7. The Morgan fingerprint density at radius 3 is 2.67 bits per heavy atom. The summed E-state index contributed by atoms with van der Waals surface area (Å²) in [5, 5.41) is 1.90. The van der Waals surface area contributed by atoms with Crippen molar-refractivity contribution in [3.8, 4) is 0 Å². The van der Waals surface area contributed by atoms with Gasteiger partial charge in [-0.1, -0.05) is 6.07 Å². The maximum atomic E-state index is 13.3. The lowest BCUT2D eigenvalue weighted by Gasteiger charge is -2.35. The number of carbonyl (C=O) groups excluding carboxylic acids is 3. The smallest absolute Gasteiger partial charge is 0.409 e. The number of hydrogen-bond acceptors (Lipinski definition) is 7. The van der Waals surface area contributed by atoms with Crippen molar-refractivity contribution in [2.24, 2.45) is 0 Å². The van der Waals surface area contributed by atoms with E-state index < -0.39 is 0 Å². The number of thioether (sulfide) groups is 1. The zero-order chi connectivity index (χ0) is 21.1. The van der Waals surface area contributed by atoms with Crippen LogP contribution < -0.4 is 0 Å². The van der Waals surface area contributed by atoms with Gasteiger partial charge < -0.3 is 14.1 Å². The summed E-state index contributed by atoms with van der Waals surface area (Å²) in [6.07, 6.45) is 2.34. The molecule has 0 aliphatic carbocycles. The lowest BCUT2D eigenvalue weighted by atomic mass is 10.0. The van der Waals surface area contributed by atoms with Crippen LogP contribution in [0.1, 0.15) is 30.4 Å². The summed E-state index contributed by atoms with van der Waals surface area (Å²) >= 11 is 2.78. The third-order valence-corrected chi connectivity index (χ3v) is 7.12.